The molecule has 1 aliphatic carbocycles. The molecular weight excluding hydrogens is 382 g/mol. The Balaban J connectivity index is 1.79. The van der Waals surface area contributed by atoms with Gasteiger partial charge < -0.3 is 15.5 Å². The molecular formula is C20H26ClN3O4. The van der Waals surface area contributed by atoms with Crippen molar-refractivity contribution in [2.75, 3.05) is 6.61 Å². The predicted octanol–water partition coefficient (Wildman–Crippen LogP) is 2.30. The highest BCUT2D eigenvalue weighted by Crippen LogP contribution is 2.25. The van der Waals surface area contributed by atoms with Crippen molar-refractivity contribution in [1.29, 1.82) is 0 Å². The first-order valence-electron chi connectivity index (χ1n) is 9.68. The minimum atomic E-state index is -0.918. The van der Waals surface area contributed by atoms with E-state index in [1.54, 1.807) is 24.5 Å². The molecule has 1 unspecified atom stereocenters. The highest BCUT2D eigenvalue weighted by molar-refractivity contribution is 6.33. The zero-order valence-electron chi connectivity index (χ0n) is 15.7. The zero-order valence-corrected chi connectivity index (χ0v) is 16.4. The number of imidazole rings is 1. The van der Waals surface area contributed by atoms with E-state index < -0.39 is 12.1 Å². The lowest BCUT2D eigenvalue weighted by Gasteiger charge is -2.22. The number of aliphatic hydroxyl groups excluding tert-OH is 2. The molecule has 7 nitrogen and oxygen atoms in total. The van der Waals surface area contributed by atoms with Gasteiger partial charge in [-0.2, -0.15) is 0 Å². The molecule has 0 radical (unpaired) electrons. The quantitative estimate of drug-likeness (QED) is 0.505. The van der Waals surface area contributed by atoms with Crippen LogP contribution in [-0.4, -0.2) is 38.1 Å². The number of halogens is 1. The van der Waals surface area contributed by atoms with Crippen molar-refractivity contribution in [2.24, 2.45) is 5.92 Å². The number of carbonyl (C=O) groups is 1. The molecule has 152 valence electrons. The summed E-state index contributed by atoms with van der Waals surface area (Å²) in [6.45, 7) is 0.0532. The normalized spacial score (nSPS) is 16.5. The Kier molecular flexibility index (Phi) is 6.93. The van der Waals surface area contributed by atoms with Crippen LogP contribution < -0.4 is 11.0 Å². The van der Waals surface area contributed by atoms with Crippen molar-refractivity contribution < 1.29 is 15.0 Å². The number of amides is 1. The monoisotopic (exact) mass is 407 g/mol. The summed E-state index contributed by atoms with van der Waals surface area (Å²) in [5.41, 5.74) is 0.370. The molecule has 2 aromatic rings. The van der Waals surface area contributed by atoms with E-state index in [0.29, 0.717) is 5.69 Å². The fraction of sp³-hybridized carbons (Fsp3) is 0.500. The van der Waals surface area contributed by atoms with Crippen LogP contribution in [0.5, 0.6) is 0 Å². The van der Waals surface area contributed by atoms with Gasteiger partial charge in [0.15, 0.2) is 0 Å². The van der Waals surface area contributed by atoms with E-state index in [-0.39, 0.29) is 35.3 Å². The van der Waals surface area contributed by atoms with Gasteiger partial charge in [0.25, 0.3) is 5.91 Å². The second-order valence-corrected chi connectivity index (χ2v) is 7.61. The topological polar surface area (TPSA) is 96.5 Å². The second kappa shape index (κ2) is 9.41. The van der Waals surface area contributed by atoms with E-state index in [1.165, 1.54) is 15.2 Å². The Labute approximate surface area is 168 Å². The van der Waals surface area contributed by atoms with Gasteiger partial charge in [-0.05, 0) is 31.0 Å². The number of aliphatic hydroxyl groups is 2. The fourth-order valence-corrected chi connectivity index (χ4v) is 3.88. The van der Waals surface area contributed by atoms with Gasteiger partial charge in [0.2, 0.25) is 0 Å². The molecule has 1 fully saturated rings. The largest absolute Gasteiger partial charge is 0.395 e. The first-order valence-corrected chi connectivity index (χ1v) is 10.1. The van der Waals surface area contributed by atoms with E-state index in [2.05, 4.69) is 5.32 Å². The maximum absolute atomic E-state index is 12.7. The Morgan fingerprint density at radius 1 is 1.21 bits per heavy atom. The summed E-state index contributed by atoms with van der Waals surface area (Å²) in [6.07, 6.45) is 8.45. The van der Waals surface area contributed by atoms with Crippen molar-refractivity contribution in [3.8, 4) is 5.69 Å². The minimum Gasteiger partial charge on any atom is -0.395 e. The molecule has 1 heterocycles. The van der Waals surface area contributed by atoms with E-state index >= 15 is 0 Å². The molecule has 3 N–H and O–H groups in total. The fourth-order valence-electron chi connectivity index (χ4n) is 3.68. The van der Waals surface area contributed by atoms with Crippen molar-refractivity contribution in [1.82, 2.24) is 14.5 Å². The highest BCUT2D eigenvalue weighted by atomic mass is 35.5. The van der Waals surface area contributed by atoms with Crippen molar-refractivity contribution in [3.05, 3.63) is 51.7 Å². The summed E-state index contributed by atoms with van der Waals surface area (Å²) in [5.74, 6) is -0.421. The van der Waals surface area contributed by atoms with Crippen LogP contribution in [0.3, 0.4) is 0 Å². The molecule has 3 rings (SSSR count). The van der Waals surface area contributed by atoms with Crippen molar-refractivity contribution in [3.63, 3.8) is 0 Å². The molecule has 1 aliphatic rings. The van der Waals surface area contributed by atoms with Gasteiger partial charge in [0.05, 0.1) is 29.4 Å². The second-order valence-electron chi connectivity index (χ2n) is 7.20. The van der Waals surface area contributed by atoms with Gasteiger partial charge in [0.1, 0.15) is 6.23 Å². The van der Waals surface area contributed by atoms with Crippen LogP contribution in [0, 0.1) is 5.92 Å². The van der Waals surface area contributed by atoms with Crippen molar-refractivity contribution in [2.45, 2.75) is 51.3 Å². The smallest absolute Gasteiger partial charge is 0.332 e. The van der Waals surface area contributed by atoms with Crippen LogP contribution in [0.4, 0.5) is 0 Å². The number of hydrogen-bond acceptors (Lipinski definition) is 4. The minimum absolute atomic E-state index is 0.0449. The lowest BCUT2D eigenvalue weighted by Crippen LogP contribution is -2.40. The SMILES string of the molecule is O=C(NC(O)C1CCCCCC1)c1cc(-n2ccn(CCO)c2=O)ccc1Cl. The summed E-state index contributed by atoms with van der Waals surface area (Å²) < 4.78 is 2.76. The average molecular weight is 408 g/mol. The van der Waals surface area contributed by atoms with Crippen LogP contribution in [-0.2, 0) is 6.54 Å². The number of nitrogens with zero attached hydrogens (tertiary/aromatic N) is 2. The molecule has 8 heteroatoms. The predicted molar refractivity (Wildman–Crippen MR) is 107 cm³/mol. The first-order chi connectivity index (χ1) is 13.5. The zero-order chi connectivity index (χ0) is 20.1. The number of benzene rings is 1. The summed E-state index contributed by atoms with van der Waals surface area (Å²) in [4.78, 5) is 25.1. The summed E-state index contributed by atoms with van der Waals surface area (Å²) >= 11 is 6.20. The lowest BCUT2D eigenvalue weighted by atomic mass is 9.98. The highest BCUT2D eigenvalue weighted by Gasteiger charge is 2.23. The van der Waals surface area contributed by atoms with E-state index in [9.17, 15) is 14.7 Å². The standard InChI is InChI=1S/C20H26ClN3O4/c21-17-8-7-15(24-10-9-23(11-12-25)20(24)28)13-16(17)19(27)22-18(26)14-5-3-1-2-4-6-14/h7-10,13-14,18,25-26H,1-6,11-12H2,(H,22,27). The van der Waals surface area contributed by atoms with E-state index in [1.807, 2.05) is 0 Å². The third-order valence-electron chi connectivity index (χ3n) is 5.29. The van der Waals surface area contributed by atoms with Crippen LogP contribution >= 0.6 is 11.6 Å². The van der Waals surface area contributed by atoms with Crippen LogP contribution in [0.2, 0.25) is 5.02 Å². The number of carbonyl (C=O) groups excluding carboxylic acids is 1. The van der Waals surface area contributed by atoms with Gasteiger partial charge in [-0.15, -0.1) is 0 Å². The summed E-state index contributed by atoms with van der Waals surface area (Å²) in [6, 6.07) is 4.73. The van der Waals surface area contributed by atoms with Gasteiger partial charge in [-0.3, -0.25) is 13.9 Å². The van der Waals surface area contributed by atoms with Gasteiger partial charge >= 0.3 is 5.69 Å². The Bertz CT molecular complexity index is 869. The lowest BCUT2D eigenvalue weighted by molar-refractivity contribution is 0.0532. The number of hydrogen-bond donors (Lipinski definition) is 3. The summed E-state index contributed by atoms with van der Waals surface area (Å²) in [7, 11) is 0. The molecule has 1 aromatic carbocycles. The van der Waals surface area contributed by atoms with Gasteiger partial charge in [-0.1, -0.05) is 37.3 Å². The molecule has 0 saturated heterocycles. The molecule has 1 amide bonds. The number of aromatic nitrogens is 2. The van der Waals surface area contributed by atoms with Crippen LogP contribution in [0.1, 0.15) is 48.9 Å². The maximum Gasteiger partial charge on any atom is 0.332 e. The molecule has 1 atom stereocenters. The number of rotatable bonds is 6. The summed E-state index contributed by atoms with van der Waals surface area (Å²) in [5, 5.41) is 22.4. The third kappa shape index (κ3) is 4.66. The Hall–Kier alpha value is -2.09. The Morgan fingerprint density at radius 3 is 2.61 bits per heavy atom. The average Bonchev–Trinajstić information content (AvgIpc) is 2.88. The molecule has 0 bridgehead atoms. The van der Waals surface area contributed by atoms with Gasteiger partial charge in [-0.25, -0.2) is 4.79 Å². The van der Waals surface area contributed by atoms with Gasteiger partial charge in [0, 0.05) is 18.3 Å². The molecule has 1 aromatic heterocycles. The first kappa shape index (κ1) is 20.6. The molecule has 0 spiro atoms. The number of nitrogens with one attached hydrogen (secondary N) is 1. The molecule has 28 heavy (non-hydrogen) atoms. The molecule has 0 aliphatic heterocycles. The van der Waals surface area contributed by atoms with E-state index in [4.69, 9.17) is 16.7 Å². The van der Waals surface area contributed by atoms with E-state index in [0.717, 1.165) is 38.5 Å². The maximum atomic E-state index is 12.7. The van der Waals surface area contributed by atoms with Crippen LogP contribution in [0.25, 0.3) is 5.69 Å². The van der Waals surface area contributed by atoms with Crippen molar-refractivity contribution >= 4 is 17.5 Å². The van der Waals surface area contributed by atoms with Crippen LogP contribution in [0.15, 0.2) is 35.4 Å². The molecule has 1 saturated carbocycles. The third-order valence-corrected chi connectivity index (χ3v) is 5.62. The Morgan fingerprint density at radius 2 is 1.93 bits per heavy atom.